The average molecular weight is 281 g/mol. The van der Waals surface area contributed by atoms with Gasteiger partial charge in [0.1, 0.15) is 5.69 Å². The van der Waals surface area contributed by atoms with Crippen molar-refractivity contribution in [1.82, 2.24) is 14.8 Å². The molecular weight excluding hydrogens is 266 g/mol. The van der Waals surface area contributed by atoms with Gasteiger partial charge in [-0.1, -0.05) is 0 Å². The number of carboxylic acids is 1. The smallest absolute Gasteiger partial charge is 0.352 e. The second kappa shape index (κ2) is 4.22. The minimum Gasteiger partial charge on any atom is -0.477 e. The van der Waals surface area contributed by atoms with Gasteiger partial charge in [-0.25, -0.2) is 4.79 Å². The predicted molar refractivity (Wildman–Crippen MR) is 79.5 cm³/mol. The molecule has 4 rings (SSSR count). The normalized spacial score (nSPS) is 14.7. The molecule has 106 valence electrons. The Morgan fingerprint density at radius 2 is 2.19 bits per heavy atom. The monoisotopic (exact) mass is 281 g/mol. The van der Waals surface area contributed by atoms with Gasteiger partial charge in [0, 0.05) is 16.6 Å². The zero-order valence-corrected chi connectivity index (χ0v) is 11.6. The summed E-state index contributed by atoms with van der Waals surface area (Å²) in [4.78, 5) is 13.9. The Balaban J connectivity index is 1.84. The Bertz CT molecular complexity index is 856. The maximum absolute atomic E-state index is 11.0. The summed E-state index contributed by atoms with van der Waals surface area (Å²) in [7, 11) is 0. The molecule has 2 aromatic heterocycles. The summed E-state index contributed by atoms with van der Waals surface area (Å²) in [6.45, 7) is 2.04. The van der Waals surface area contributed by atoms with E-state index in [1.807, 2.05) is 19.2 Å². The van der Waals surface area contributed by atoms with Crippen LogP contribution in [0.2, 0.25) is 0 Å². The highest BCUT2D eigenvalue weighted by Crippen LogP contribution is 2.38. The molecule has 1 aliphatic rings. The Kier molecular flexibility index (Phi) is 2.45. The molecule has 1 aromatic carbocycles. The van der Waals surface area contributed by atoms with Crippen LogP contribution in [-0.4, -0.2) is 25.8 Å². The van der Waals surface area contributed by atoms with E-state index in [0.717, 1.165) is 27.7 Å². The molecule has 1 aliphatic carbocycles. The zero-order chi connectivity index (χ0) is 14.6. The van der Waals surface area contributed by atoms with E-state index in [-0.39, 0.29) is 5.69 Å². The molecule has 2 N–H and O–H groups in total. The van der Waals surface area contributed by atoms with Crippen LogP contribution >= 0.6 is 0 Å². The summed E-state index contributed by atoms with van der Waals surface area (Å²) in [6, 6.07) is 8.17. The molecular formula is C16H15N3O2. The lowest BCUT2D eigenvalue weighted by atomic mass is 10.0. The van der Waals surface area contributed by atoms with Gasteiger partial charge in [0.25, 0.3) is 0 Å². The second-order valence-electron chi connectivity index (χ2n) is 5.64. The van der Waals surface area contributed by atoms with E-state index in [0.29, 0.717) is 6.04 Å². The molecule has 2 heterocycles. The van der Waals surface area contributed by atoms with Crippen LogP contribution in [0.3, 0.4) is 0 Å². The fourth-order valence-corrected chi connectivity index (χ4v) is 2.78. The first kappa shape index (κ1) is 12.2. The van der Waals surface area contributed by atoms with Gasteiger partial charge in [-0.3, -0.25) is 4.68 Å². The highest BCUT2D eigenvalue weighted by Gasteiger charge is 2.26. The SMILES string of the molecule is Cc1cc2c(cnn2C2CC2)cc1-c1ccc(C(=O)O)[nH]1. The number of nitrogens with zero attached hydrogens (tertiary/aromatic N) is 2. The largest absolute Gasteiger partial charge is 0.477 e. The van der Waals surface area contributed by atoms with E-state index in [1.54, 1.807) is 6.07 Å². The Labute approximate surface area is 121 Å². The summed E-state index contributed by atoms with van der Waals surface area (Å²) in [5.41, 5.74) is 4.32. The van der Waals surface area contributed by atoms with Crippen LogP contribution in [0.4, 0.5) is 0 Å². The van der Waals surface area contributed by atoms with Gasteiger partial charge in [0.05, 0.1) is 17.8 Å². The van der Waals surface area contributed by atoms with Gasteiger partial charge >= 0.3 is 5.97 Å². The molecule has 0 aliphatic heterocycles. The van der Waals surface area contributed by atoms with Crippen molar-refractivity contribution in [3.8, 4) is 11.3 Å². The standard InChI is InChI=1S/C16H15N3O2/c1-9-6-15-10(8-17-19(15)11-2-3-11)7-12(9)13-4-5-14(18-13)16(20)21/h4-8,11,18H,2-3H2,1H3,(H,20,21). The topological polar surface area (TPSA) is 70.9 Å². The number of aromatic carboxylic acids is 1. The third-order valence-electron chi connectivity index (χ3n) is 4.04. The Morgan fingerprint density at radius 3 is 2.86 bits per heavy atom. The minimum absolute atomic E-state index is 0.207. The lowest BCUT2D eigenvalue weighted by molar-refractivity contribution is 0.0691. The van der Waals surface area contributed by atoms with Crippen molar-refractivity contribution < 1.29 is 9.90 Å². The van der Waals surface area contributed by atoms with Crippen molar-refractivity contribution in [1.29, 1.82) is 0 Å². The number of aryl methyl sites for hydroxylation is 1. The van der Waals surface area contributed by atoms with Crippen molar-refractivity contribution in [2.24, 2.45) is 0 Å². The average Bonchev–Trinajstić information content (AvgIpc) is 3.02. The number of hydrogen-bond acceptors (Lipinski definition) is 2. The van der Waals surface area contributed by atoms with E-state index in [1.165, 1.54) is 12.8 Å². The van der Waals surface area contributed by atoms with Crippen molar-refractivity contribution in [3.05, 3.63) is 41.7 Å². The molecule has 0 radical (unpaired) electrons. The van der Waals surface area contributed by atoms with Crippen LogP contribution in [0.5, 0.6) is 0 Å². The van der Waals surface area contributed by atoms with Gasteiger partial charge in [0.2, 0.25) is 0 Å². The quantitative estimate of drug-likeness (QED) is 0.773. The minimum atomic E-state index is -0.943. The van der Waals surface area contributed by atoms with E-state index in [9.17, 15) is 4.79 Å². The number of hydrogen-bond donors (Lipinski definition) is 2. The number of H-pyrrole nitrogens is 1. The Hall–Kier alpha value is -2.56. The molecule has 1 fully saturated rings. The molecule has 0 spiro atoms. The third kappa shape index (κ3) is 1.93. The van der Waals surface area contributed by atoms with Crippen molar-refractivity contribution in [2.45, 2.75) is 25.8 Å². The molecule has 0 saturated heterocycles. The highest BCUT2D eigenvalue weighted by molar-refractivity contribution is 5.89. The number of benzene rings is 1. The first-order valence-electron chi connectivity index (χ1n) is 7.04. The first-order chi connectivity index (χ1) is 10.1. The van der Waals surface area contributed by atoms with Gasteiger partial charge in [-0.2, -0.15) is 5.10 Å². The summed E-state index contributed by atoms with van der Waals surface area (Å²) < 4.78 is 2.10. The lowest BCUT2D eigenvalue weighted by Crippen LogP contribution is -1.97. The lowest BCUT2D eigenvalue weighted by Gasteiger charge is -2.06. The van der Waals surface area contributed by atoms with Gasteiger partial charge in [-0.15, -0.1) is 0 Å². The van der Waals surface area contributed by atoms with Crippen molar-refractivity contribution in [2.75, 3.05) is 0 Å². The van der Waals surface area contributed by atoms with Crippen molar-refractivity contribution >= 4 is 16.9 Å². The Morgan fingerprint density at radius 1 is 1.38 bits per heavy atom. The van der Waals surface area contributed by atoms with E-state index in [2.05, 4.69) is 26.9 Å². The van der Waals surface area contributed by atoms with Gasteiger partial charge < -0.3 is 10.1 Å². The van der Waals surface area contributed by atoms with Crippen LogP contribution < -0.4 is 0 Å². The fraction of sp³-hybridized carbons (Fsp3) is 0.250. The summed E-state index contributed by atoms with van der Waals surface area (Å²) >= 11 is 0. The molecule has 1 saturated carbocycles. The van der Waals surface area contributed by atoms with Crippen LogP contribution in [0, 0.1) is 6.92 Å². The number of carboxylic acid groups (broad SMARTS) is 1. The number of aromatic nitrogens is 3. The van der Waals surface area contributed by atoms with E-state index < -0.39 is 5.97 Å². The van der Waals surface area contributed by atoms with Gasteiger partial charge in [-0.05, 0) is 49.6 Å². The fourth-order valence-electron chi connectivity index (χ4n) is 2.78. The second-order valence-corrected chi connectivity index (χ2v) is 5.64. The molecule has 0 amide bonds. The van der Waals surface area contributed by atoms with Crippen LogP contribution in [0.25, 0.3) is 22.2 Å². The molecule has 5 heteroatoms. The summed E-state index contributed by atoms with van der Waals surface area (Å²) in [5, 5.41) is 14.6. The predicted octanol–water partition coefficient (Wildman–Crippen LogP) is 3.37. The van der Waals surface area contributed by atoms with Crippen LogP contribution in [-0.2, 0) is 0 Å². The highest BCUT2D eigenvalue weighted by atomic mass is 16.4. The number of rotatable bonds is 3. The maximum Gasteiger partial charge on any atom is 0.352 e. The molecule has 0 atom stereocenters. The van der Waals surface area contributed by atoms with Crippen LogP contribution in [0.15, 0.2) is 30.5 Å². The van der Waals surface area contributed by atoms with Crippen molar-refractivity contribution in [3.63, 3.8) is 0 Å². The van der Waals surface area contributed by atoms with E-state index >= 15 is 0 Å². The maximum atomic E-state index is 11.0. The summed E-state index contributed by atoms with van der Waals surface area (Å²) in [5.74, 6) is -0.943. The molecule has 3 aromatic rings. The first-order valence-corrected chi connectivity index (χ1v) is 7.04. The molecule has 0 unspecified atom stereocenters. The summed E-state index contributed by atoms with van der Waals surface area (Å²) in [6.07, 6.45) is 4.30. The zero-order valence-electron chi connectivity index (χ0n) is 11.6. The number of aromatic amines is 1. The van der Waals surface area contributed by atoms with E-state index in [4.69, 9.17) is 5.11 Å². The molecule has 21 heavy (non-hydrogen) atoms. The number of carbonyl (C=O) groups is 1. The van der Waals surface area contributed by atoms with Gasteiger partial charge in [0.15, 0.2) is 0 Å². The number of nitrogens with one attached hydrogen (secondary N) is 1. The molecule has 0 bridgehead atoms. The number of fused-ring (bicyclic) bond motifs is 1. The third-order valence-corrected chi connectivity index (χ3v) is 4.04. The van der Waals surface area contributed by atoms with Crippen LogP contribution in [0.1, 0.15) is 34.9 Å². The molecule has 5 nitrogen and oxygen atoms in total.